The summed E-state index contributed by atoms with van der Waals surface area (Å²) in [7, 11) is -4.20. The summed E-state index contributed by atoms with van der Waals surface area (Å²) >= 11 is 3.47. The molecule has 1 unspecified atom stereocenters. The Hall–Kier alpha value is -4.15. The van der Waals surface area contributed by atoms with Gasteiger partial charge in [0.25, 0.3) is 10.0 Å². The van der Waals surface area contributed by atoms with Gasteiger partial charge in [-0.2, -0.15) is 0 Å². The van der Waals surface area contributed by atoms with Crippen LogP contribution < -0.4 is 14.4 Å². The summed E-state index contributed by atoms with van der Waals surface area (Å²) in [6, 6.07) is 29.3. The number of rotatable bonds is 16. The van der Waals surface area contributed by atoms with Gasteiger partial charge in [-0.1, -0.05) is 89.4 Å². The number of nitrogens with zero attached hydrogens (tertiary/aromatic N) is 2. The zero-order chi connectivity index (χ0) is 33.8. The quantitative estimate of drug-likeness (QED) is 0.127. The summed E-state index contributed by atoms with van der Waals surface area (Å²) in [4.78, 5) is 29.9. The Morgan fingerprint density at radius 1 is 0.851 bits per heavy atom. The number of carbonyl (C=O) groups is 2. The molecule has 248 valence electrons. The van der Waals surface area contributed by atoms with Gasteiger partial charge in [0.05, 0.1) is 17.2 Å². The van der Waals surface area contributed by atoms with Crippen LogP contribution in [0.25, 0.3) is 0 Å². The summed E-state index contributed by atoms with van der Waals surface area (Å²) < 4.78 is 36.0. The lowest BCUT2D eigenvalue weighted by atomic mass is 10.0. The highest BCUT2D eigenvalue weighted by Gasteiger charge is 2.34. The molecule has 10 heteroatoms. The van der Waals surface area contributed by atoms with Crippen molar-refractivity contribution in [3.63, 3.8) is 0 Å². The first kappa shape index (κ1) is 35.7. The van der Waals surface area contributed by atoms with Crippen LogP contribution in [0.5, 0.6) is 5.75 Å². The first-order chi connectivity index (χ1) is 22.6. The van der Waals surface area contributed by atoms with E-state index >= 15 is 0 Å². The molecule has 2 amide bonds. The molecule has 1 N–H and O–H groups in total. The van der Waals surface area contributed by atoms with Gasteiger partial charge in [-0.15, -0.1) is 0 Å². The van der Waals surface area contributed by atoms with Crippen LogP contribution in [0.4, 0.5) is 5.69 Å². The fourth-order valence-electron chi connectivity index (χ4n) is 5.09. The third-order valence-corrected chi connectivity index (χ3v) is 10.0. The Bertz CT molecular complexity index is 1700. The van der Waals surface area contributed by atoms with Crippen molar-refractivity contribution in [2.45, 2.75) is 57.5 Å². The number of ether oxygens (including phenoxy) is 1. The molecule has 4 aromatic rings. The molecule has 4 rings (SSSR count). The van der Waals surface area contributed by atoms with E-state index in [1.807, 2.05) is 75.4 Å². The van der Waals surface area contributed by atoms with Crippen LogP contribution in [-0.4, -0.2) is 50.9 Å². The molecular formula is C37H42BrN3O5S. The van der Waals surface area contributed by atoms with Crippen LogP contribution >= 0.6 is 15.9 Å². The van der Waals surface area contributed by atoms with E-state index in [1.54, 1.807) is 36.4 Å². The highest BCUT2D eigenvalue weighted by atomic mass is 79.9. The monoisotopic (exact) mass is 719 g/mol. The topological polar surface area (TPSA) is 96.0 Å². The third-order valence-electron chi connectivity index (χ3n) is 7.69. The van der Waals surface area contributed by atoms with Gasteiger partial charge in [0.1, 0.15) is 18.3 Å². The fraction of sp³-hybridized carbons (Fsp3) is 0.297. The molecule has 8 nitrogen and oxygen atoms in total. The second-order valence-corrected chi connectivity index (χ2v) is 14.0. The lowest BCUT2D eigenvalue weighted by Gasteiger charge is -2.34. The molecule has 0 aromatic heterocycles. The first-order valence-electron chi connectivity index (χ1n) is 15.8. The second kappa shape index (κ2) is 17.1. The van der Waals surface area contributed by atoms with Crippen LogP contribution in [-0.2, 0) is 32.6 Å². The van der Waals surface area contributed by atoms with E-state index in [1.165, 1.54) is 17.0 Å². The van der Waals surface area contributed by atoms with Crippen LogP contribution in [0.3, 0.4) is 0 Å². The van der Waals surface area contributed by atoms with Gasteiger partial charge in [-0.3, -0.25) is 13.9 Å². The van der Waals surface area contributed by atoms with Gasteiger partial charge in [-0.25, -0.2) is 8.42 Å². The second-order valence-electron chi connectivity index (χ2n) is 11.2. The van der Waals surface area contributed by atoms with E-state index in [-0.39, 0.29) is 23.8 Å². The fourth-order valence-corrected chi connectivity index (χ4v) is 6.77. The molecule has 0 fully saturated rings. The number of carbonyl (C=O) groups excluding carboxylic acids is 2. The molecule has 0 aliphatic carbocycles. The van der Waals surface area contributed by atoms with Gasteiger partial charge in [0.15, 0.2) is 0 Å². The number of halogens is 1. The molecule has 1 atom stereocenters. The predicted octanol–water partition coefficient (Wildman–Crippen LogP) is 6.91. The van der Waals surface area contributed by atoms with Crippen molar-refractivity contribution in [2.75, 3.05) is 24.0 Å². The van der Waals surface area contributed by atoms with Crippen molar-refractivity contribution >= 4 is 43.5 Å². The van der Waals surface area contributed by atoms with E-state index < -0.39 is 28.5 Å². The Labute approximate surface area is 286 Å². The zero-order valence-electron chi connectivity index (χ0n) is 27.1. The van der Waals surface area contributed by atoms with Gasteiger partial charge in [0, 0.05) is 24.0 Å². The highest BCUT2D eigenvalue weighted by Crippen LogP contribution is 2.27. The van der Waals surface area contributed by atoms with E-state index in [9.17, 15) is 18.0 Å². The number of anilines is 1. The lowest BCUT2D eigenvalue weighted by molar-refractivity contribution is -0.140. The van der Waals surface area contributed by atoms with Gasteiger partial charge in [-0.05, 0) is 79.9 Å². The van der Waals surface area contributed by atoms with E-state index in [2.05, 4.69) is 21.2 Å². The number of unbranched alkanes of at least 4 members (excludes halogenated alkanes) is 1. The SMILES string of the molecule is CCCCNC(=O)C(Cc1ccccc1)N(Cc1ccc(Br)cc1)C(=O)CN(c1ccc(C)cc1)S(=O)(=O)c1ccc(OCC)cc1. The minimum atomic E-state index is -4.20. The van der Waals surface area contributed by atoms with Crippen LogP contribution in [0, 0.1) is 6.92 Å². The molecule has 0 aliphatic heterocycles. The minimum absolute atomic E-state index is 0.0203. The summed E-state index contributed by atoms with van der Waals surface area (Å²) in [5, 5.41) is 3.01. The average Bonchev–Trinajstić information content (AvgIpc) is 3.07. The standard InChI is InChI=1S/C37H42BrN3O5S/c1-4-6-24-39-37(43)35(25-29-10-8-7-9-11-29)40(26-30-14-16-31(38)17-15-30)36(42)27-41(32-18-12-28(3)13-19-32)47(44,45)34-22-20-33(21-23-34)46-5-2/h7-23,35H,4-6,24-27H2,1-3H3,(H,39,43). The molecule has 0 spiro atoms. The van der Waals surface area contributed by atoms with Crippen molar-refractivity contribution < 1.29 is 22.7 Å². The summed E-state index contributed by atoms with van der Waals surface area (Å²) in [5.41, 5.74) is 2.97. The van der Waals surface area contributed by atoms with Crippen molar-refractivity contribution in [1.29, 1.82) is 0 Å². The summed E-state index contributed by atoms with van der Waals surface area (Å²) in [6.45, 7) is 6.32. The van der Waals surface area contributed by atoms with E-state index in [0.717, 1.165) is 38.3 Å². The third kappa shape index (κ3) is 9.92. The Morgan fingerprint density at radius 3 is 2.13 bits per heavy atom. The average molecular weight is 721 g/mol. The number of amides is 2. The molecular weight excluding hydrogens is 678 g/mol. The number of benzene rings is 4. The summed E-state index contributed by atoms with van der Waals surface area (Å²) in [5.74, 6) is -0.249. The maximum atomic E-state index is 14.6. The number of sulfonamides is 1. The number of hydrogen-bond acceptors (Lipinski definition) is 5. The predicted molar refractivity (Wildman–Crippen MR) is 190 cm³/mol. The number of aryl methyl sites for hydroxylation is 1. The van der Waals surface area contributed by atoms with Gasteiger partial charge in [0.2, 0.25) is 11.8 Å². The number of hydrogen-bond donors (Lipinski definition) is 1. The van der Waals surface area contributed by atoms with Crippen molar-refractivity contribution in [2.24, 2.45) is 0 Å². The zero-order valence-corrected chi connectivity index (χ0v) is 29.5. The van der Waals surface area contributed by atoms with E-state index in [0.29, 0.717) is 24.6 Å². The smallest absolute Gasteiger partial charge is 0.264 e. The van der Waals surface area contributed by atoms with Crippen molar-refractivity contribution in [3.8, 4) is 5.75 Å². The van der Waals surface area contributed by atoms with E-state index in [4.69, 9.17) is 4.74 Å². The summed E-state index contributed by atoms with van der Waals surface area (Å²) in [6.07, 6.45) is 1.96. The van der Waals surface area contributed by atoms with Gasteiger partial charge >= 0.3 is 0 Å². The Morgan fingerprint density at radius 2 is 1.51 bits per heavy atom. The molecule has 4 aromatic carbocycles. The Balaban J connectivity index is 1.77. The first-order valence-corrected chi connectivity index (χ1v) is 18.0. The van der Waals surface area contributed by atoms with Gasteiger partial charge < -0.3 is 15.0 Å². The molecule has 47 heavy (non-hydrogen) atoms. The maximum Gasteiger partial charge on any atom is 0.264 e. The molecule has 0 saturated heterocycles. The largest absolute Gasteiger partial charge is 0.494 e. The molecule has 0 bridgehead atoms. The van der Waals surface area contributed by atoms with Crippen molar-refractivity contribution in [3.05, 3.63) is 124 Å². The highest BCUT2D eigenvalue weighted by molar-refractivity contribution is 9.10. The van der Waals surface area contributed by atoms with Crippen LogP contribution in [0.2, 0.25) is 0 Å². The molecule has 0 aliphatic rings. The minimum Gasteiger partial charge on any atom is -0.494 e. The Kier molecular flexibility index (Phi) is 13.0. The molecule has 0 heterocycles. The van der Waals surface area contributed by atoms with Crippen molar-refractivity contribution in [1.82, 2.24) is 10.2 Å². The van der Waals surface area contributed by atoms with Crippen LogP contribution in [0.1, 0.15) is 43.4 Å². The number of nitrogens with one attached hydrogen (secondary N) is 1. The lowest BCUT2D eigenvalue weighted by Crippen LogP contribution is -2.53. The molecule has 0 saturated carbocycles. The van der Waals surface area contributed by atoms with Crippen LogP contribution in [0.15, 0.2) is 112 Å². The normalized spacial score (nSPS) is 11.8. The molecule has 0 radical (unpaired) electrons. The maximum absolute atomic E-state index is 14.6.